The summed E-state index contributed by atoms with van der Waals surface area (Å²) in [7, 11) is 0. The highest BCUT2D eigenvalue weighted by Crippen LogP contribution is 2.35. The first-order chi connectivity index (χ1) is 11.0. The van der Waals surface area contributed by atoms with Gasteiger partial charge >= 0.3 is 0 Å². The zero-order chi connectivity index (χ0) is 16.4. The van der Waals surface area contributed by atoms with Crippen molar-refractivity contribution < 1.29 is 0 Å². The Bertz CT molecular complexity index is 683. The van der Waals surface area contributed by atoms with Crippen molar-refractivity contribution in [1.29, 1.82) is 0 Å². The van der Waals surface area contributed by atoms with Gasteiger partial charge in [0, 0.05) is 10.7 Å². The lowest BCUT2D eigenvalue weighted by atomic mass is 9.78. The van der Waals surface area contributed by atoms with Crippen LogP contribution < -0.4 is 5.73 Å². The minimum atomic E-state index is -0.654. The molecule has 0 aliphatic heterocycles. The molecule has 0 unspecified atom stereocenters. The predicted octanol–water partition coefficient (Wildman–Crippen LogP) is 5.75. The van der Waals surface area contributed by atoms with Crippen molar-refractivity contribution in [3.8, 4) is 0 Å². The van der Waals surface area contributed by atoms with Gasteiger partial charge in [0.05, 0.1) is 5.54 Å². The Morgan fingerprint density at radius 3 is 0.913 bits per heavy atom. The molecule has 0 saturated carbocycles. The van der Waals surface area contributed by atoms with Crippen molar-refractivity contribution in [2.45, 2.75) is 5.54 Å². The van der Waals surface area contributed by atoms with Crippen LogP contribution in [0.1, 0.15) is 16.7 Å². The zero-order valence-corrected chi connectivity index (χ0v) is 18.6. The molecule has 3 aromatic rings. The molecule has 2 N–H and O–H groups in total. The second-order valence-corrected chi connectivity index (χ2v) is 9.07. The molecule has 23 heavy (non-hydrogen) atoms. The van der Waals surface area contributed by atoms with Gasteiger partial charge in [-0.3, -0.25) is 0 Å². The Balaban J connectivity index is 2.21. The van der Waals surface area contributed by atoms with E-state index < -0.39 is 5.54 Å². The highest BCUT2D eigenvalue weighted by molar-refractivity contribution is 14.1. The molecule has 0 radical (unpaired) electrons. The van der Waals surface area contributed by atoms with Gasteiger partial charge in [-0.1, -0.05) is 36.4 Å². The predicted molar refractivity (Wildman–Crippen MR) is 122 cm³/mol. The van der Waals surface area contributed by atoms with Gasteiger partial charge in [-0.2, -0.15) is 0 Å². The molecule has 0 fully saturated rings. The quantitative estimate of drug-likeness (QED) is 0.288. The number of rotatable bonds is 3. The lowest BCUT2D eigenvalue weighted by molar-refractivity contribution is 0.652. The van der Waals surface area contributed by atoms with E-state index in [1.165, 1.54) is 10.7 Å². The molecule has 0 aliphatic rings. The molecule has 4 heteroatoms. The summed E-state index contributed by atoms with van der Waals surface area (Å²) in [6.45, 7) is 0. The highest BCUT2D eigenvalue weighted by atomic mass is 127. The summed E-state index contributed by atoms with van der Waals surface area (Å²) in [5, 5.41) is 0. The maximum Gasteiger partial charge on any atom is 0.0922 e. The normalized spacial score (nSPS) is 11.5. The van der Waals surface area contributed by atoms with Crippen LogP contribution in [0.5, 0.6) is 0 Å². The molecule has 116 valence electrons. The molecular formula is C19H14I3N. The van der Waals surface area contributed by atoms with Gasteiger partial charge in [-0.25, -0.2) is 0 Å². The molecular weight excluding hydrogens is 623 g/mol. The van der Waals surface area contributed by atoms with Gasteiger partial charge < -0.3 is 5.73 Å². The zero-order valence-electron chi connectivity index (χ0n) is 12.1. The van der Waals surface area contributed by atoms with Crippen molar-refractivity contribution >= 4 is 67.8 Å². The summed E-state index contributed by atoms with van der Waals surface area (Å²) in [5.74, 6) is 0. The molecule has 3 rings (SSSR count). The maximum atomic E-state index is 7.00. The van der Waals surface area contributed by atoms with Gasteiger partial charge in [-0.05, 0) is 121 Å². The smallest absolute Gasteiger partial charge is 0.0922 e. The summed E-state index contributed by atoms with van der Waals surface area (Å²) in [4.78, 5) is 0. The van der Waals surface area contributed by atoms with Gasteiger partial charge in [0.1, 0.15) is 0 Å². The second kappa shape index (κ2) is 7.37. The largest absolute Gasteiger partial charge is 0.314 e. The van der Waals surface area contributed by atoms with Crippen LogP contribution >= 0.6 is 67.8 Å². The first-order valence-electron chi connectivity index (χ1n) is 7.07. The summed E-state index contributed by atoms with van der Waals surface area (Å²) in [6, 6.07) is 25.4. The Kier molecular flexibility index (Phi) is 5.64. The number of halogens is 3. The fourth-order valence-corrected chi connectivity index (χ4v) is 3.72. The minimum absolute atomic E-state index is 0.654. The lowest BCUT2D eigenvalue weighted by Crippen LogP contribution is -2.39. The van der Waals surface area contributed by atoms with Crippen LogP contribution in [0, 0.1) is 10.7 Å². The molecule has 3 aromatic carbocycles. The monoisotopic (exact) mass is 637 g/mol. The van der Waals surface area contributed by atoms with Crippen LogP contribution in [0.15, 0.2) is 72.8 Å². The Hall–Kier alpha value is -0.190. The molecule has 0 spiro atoms. The van der Waals surface area contributed by atoms with Crippen LogP contribution in [-0.2, 0) is 5.54 Å². The van der Waals surface area contributed by atoms with Crippen molar-refractivity contribution in [2.75, 3.05) is 0 Å². The van der Waals surface area contributed by atoms with E-state index in [0.29, 0.717) is 0 Å². The van der Waals surface area contributed by atoms with E-state index in [9.17, 15) is 0 Å². The van der Waals surface area contributed by atoms with Crippen LogP contribution in [0.25, 0.3) is 0 Å². The van der Waals surface area contributed by atoms with E-state index in [2.05, 4.69) is 141 Å². The van der Waals surface area contributed by atoms with Gasteiger partial charge in [0.25, 0.3) is 0 Å². The summed E-state index contributed by atoms with van der Waals surface area (Å²) in [5.41, 5.74) is 9.64. The third kappa shape index (κ3) is 3.74. The van der Waals surface area contributed by atoms with Gasteiger partial charge in [-0.15, -0.1) is 0 Å². The van der Waals surface area contributed by atoms with Crippen molar-refractivity contribution in [3.63, 3.8) is 0 Å². The summed E-state index contributed by atoms with van der Waals surface area (Å²) >= 11 is 6.96. The first kappa shape index (κ1) is 17.6. The number of benzene rings is 3. The van der Waals surface area contributed by atoms with Crippen LogP contribution in [0.3, 0.4) is 0 Å². The Morgan fingerprint density at radius 1 is 0.478 bits per heavy atom. The van der Waals surface area contributed by atoms with E-state index in [0.717, 1.165) is 16.7 Å². The second-order valence-electron chi connectivity index (χ2n) is 5.33. The lowest BCUT2D eigenvalue weighted by Gasteiger charge is -2.32. The van der Waals surface area contributed by atoms with Crippen molar-refractivity contribution in [3.05, 3.63) is 100 Å². The number of nitrogens with two attached hydrogens (primary N) is 1. The fraction of sp³-hybridized carbons (Fsp3) is 0.0526. The first-order valence-corrected chi connectivity index (χ1v) is 10.3. The molecule has 0 saturated heterocycles. The molecule has 0 atom stereocenters. The van der Waals surface area contributed by atoms with Crippen molar-refractivity contribution in [1.82, 2.24) is 0 Å². The third-order valence-electron chi connectivity index (χ3n) is 3.90. The SMILES string of the molecule is NC(c1ccc(I)cc1)(c1ccc(I)cc1)c1ccc(I)cc1. The van der Waals surface area contributed by atoms with Crippen LogP contribution in [-0.4, -0.2) is 0 Å². The molecule has 1 nitrogen and oxygen atoms in total. The van der Waals surface area contributed by atoms with E-state index in [1.807, 2.05) is 0 Å². The molecule has 0 heterocycles. The average molecular weight is 637 g/mol. The van der Waals surface area contributed by atoms with E-state index in [-0.39, 0.29) is 0 Å². The van der Waals surface area contributed by atoms with Crippen molar-refractivity contribution in [2.24, 2.45) is 5.73 Å². The summed E-state index contributed by atoms with van der Waals surface area (Å²) in [6.07, 6.45) is 0. The van der Waals surface area contributed by atoms with Gasteiger partial charge in [0.15, 0.2) is 0 Å². The number of hydrogen-bond acceptors (Lipinski definition) is 1. The molecule has 0 amide bonds. The van der Waals surface area contributed by atoms with E-state index >= 15 is 0 Å². The minimum Gasteiger partial charge on any atom is -0.314 e. The maximum absolute atomic E-state index is 7.00. The summed E-state index contributed by atoms with van der Waals surface area (Å²) < 4.78 is 3.62. The molecule has 0 aliphatic carbocycles. The average Bonchev–Trinajstić information content (AvgIpc) is 2.56. The van der Waals surface area contributed by atoms with Crippen LogP contribution in [0.2, 0.25) is 0 Å². The topological polar surface area (TPSA) is 26.0 Å². The third-order valence-corrected chi connectivity index (χ3v) is 6.06. The van der Waals surface area contributed by atoms with E-state index in [4.69, 9.17) is 5.73 Å². The Labute approximate surface area is 177 Å². The Morgan fingerprint density at radius 2 is 0.696 bits per heavy atom. The molecule has 0 aromatic heterocycles. The molecule has 0 bridgehead atoms. The van der Waals surface area contributed by atoms with Crippen LogP contribution in [0.4, 0.5) is 0 Å². The standard InChI is InChI=1S/C19H14I3N/c20-16-7-1-13(2-8-16)19(23,14-3-9-17(21)10-4-14)15-5-11-18(22)12-6-15/h1-12H,23H2. The van der Waals surface area contributed by atoms with Gasteiger partial charge in [0.2, 0.25) is 0 Å². The fourth-order valence-electron chi connectivity index (χ4n) is 2.64. The number of hydrogen-bond donors (Lipinski definition) is 1. The van der Waals surface area contributed by atoms with E-state index in [1.54, 1.807) is 0 Å². The highest BCUT2D eigenvalue weighted by Gasteiger charge is 2.31.